The standard InChI is InChI=1S/C95H183NO18/c1-3-5-7-9-11-13-15-17-19-21-23-25-27-29-31-33-35-37-38-39-41-43-45-47-49-51-53-55-57-59-61-63-65-67-69-71-73-83(101)96-78(79(100)72-70-68-66-64-62-60-58-56-54-52-50-48-46-44-42-40-36-34-32-30-28-26-24-22-20-18-16-14-12-10-8-6-4-2)77-109-93-89(107)86(104)91(81(75-98)111-93)114-95-90(108)87(105)92(82(76-99)112-95)113-94-88(106)85(103)84(102)80(74-97)110-94/h70,72,78-82,84-95,97-100,102-108H,3-69,71,73-77H2,1-2H3,(H,96,101)/b72-70+. The first-order valence-electron chi connectivity index (χ1n) is 48.9. The Labute approximate surface area is 696 Å². The molecule has 676 valence electrons. The average Bonchev–Trinajstić information content (AvgIpc) is 0.799. The summed E-state index contributed by atoms with van der Waals surface area (Å²) in [6.45, 7) is 1.83. The van der Waals surface area contributed by atoms with Crippen LogP contribution in [0.5, 0.6) is 0 Å². The molecule has 0 bridgehead atoms. The molecule has 3 aliphatic heterocycles. The summed E-state index contributed by atoms with van der Waals surface area (Å²) in [7, 11) is 0. The molecule has 0 aromatic carbocycles. The molecule has 0 saturated carbocycles. The van der Waals surface area contributed by atoms with Gasteiger partial charge >= 0.3 is 0 Å². The van der Waals surface area contributed by atoms with Gasteiger partial charge in [0.05, 0.1) is 38.6 Å². The number of allylic oxidation sites excluding steroid dienone is 1. The molecule has 12 N–H and O–H groups in total. The molecule has 3 saturated heterocycles. The normalized spacial score (nSPS) is 24.7. The van der Waals surface area contributed by atoms with Crippen molar-refractivity contribution < 1.29 is 89.4 Å². The van der Waals surface area contributed by atoms with E-state index in [-0.39, 0.29) is 18.9 Å². The summed E-state index contributed by atoms with van der Waals surface area (Å²) >= 11 is 0. The number of nitrogens with one attached hydrogen (secondary N) is 1. The molecule has 0 aromatic heterocycles. The van der Waals surface area contributed by atoms with E-state index in [0.29, 0.717) is 6.42 Å². The SMILES string of the molecule is CCCCCCCCCCCCCCCCCCCCCCCCCCCCCCCCC/C=C/C(O)C(COC1OC(CO)C(OC2OC(CO)C(OC3OC(CO)C(O)C(O)C3O)C(O)C2O)C(O)C1O)NC(=O)CCCCCCCCCCCCCCCCCCCCCCCCCCCCCCCCCCCCCC. The zero-order valence-corrected chi connectivity index (χ0v) is 73.4. The van der Waals surface area contributed by atoms with Gasteiger partial charge in [0.25, 0.3) is 0 Å². The van der Waals surface area contributed by atoms with Crippen LogP contribution >= 0.6 is 0 Å². The van der Waals surface area contributed by atoms with Gasteiger partial charge < -0.3 is 89.9 Å². The number of aliphatic hydroxyl groups is 11. The summed E-state index contributed by atoms with van der Waals surface area (Å²) in [6, 6.07) is -0.972. The molecule has 0 radical (unpaired) electrons. The Balaban J connectivity index is 1.29. The lowest BCUT2D eigenvalue weighted by atomic mass is 9.96. The van der Waals surface area contributed by atoms with Gasteiger partial charge in [-0.25, -0.2) is 0 Å². The van der Waals surface area contributed by atoms with E-state index in [2.05, 4.69) is 19.2 Å². The minimum absolute atomic E-state index is 0.251. The number of amides is 1. The molecule has 0 aliphatic carbocycles. The van der Waals surface area contributed by atoms with Crippen LogP contribution in [-0.2, 0) is 33.2 Å². The molecular weight excluding hydrogens is 1440 g/mol. The van der Waals surface area contributed by atoms with Crippen molar-refractivity contribution in [3.63, 3.8) is 0 Å². The third kappa shape index (κ3) is 52.8. The molecule has 3 aliphatic rings. The van der Waals surface area contributed by atoms with Gasteiger partial charge in [0, 0.05) is 6.42 Å². The van der Waals surface area contributed by atoms with Crippen LogP contribution in [0.4, 0.5) is 0 Å². The van der Waals surface area contributed by atoms with Crippen LogP contribution in [-0.4, -0.2) is 193 Å². The van der Waals surface area contributed by atoms with Crippen LogP contribution in [0.15, 0.2) is 12.2 Å². The van der Waals surface area contributed by atoms with Crippen molar-refractivity contribution in [3.8, 4) is 0 Å². The van der Waals surface area contributed by atoms with Gasteiger partial charge in [-0.05, 0) is 19.3 Å². The average molecular weight is 1630 g/mol. The van der Waals surface area contributed by atoms with E-state index in [1.165, 1.54) is 385 Å². The number of aliphatic hydroxyl groups excluding tert-OH is 11. The van der Waals surface area contributed by atoms with Crippen molar-refractivity contribution in [1.82, 2.24) is 5.32 Å². The van der Waals surface area contributed by atoms with E-state index in [1.807, 2.05) is 6.08 Å². The highest BCUT2D eigenvalue weighted by Gasteiger charge is 2.54. The Hall–Kier alpha value is -1.47. The summed E-state index contributed by atoms with van der Waals surface area (Å²) in [5.41, 5.74) is 0. The third-order valence-corrected chi connectivity index (χ3v) is 24.8. The Bertz CT molecular complexity index is 2100. The van der Waals surface area contributed by atoms with Crippen molar-refractivity contribution in [2.45, 2.75) is 561 Å². The van der Waals surface area contributed by atoms with Crippen LogP contribution in [0.2, 0.25) is 0 Å². The van der Waals surface area contributed by atoms with E-state index in [1.54, 1.807) is 6.08 Å². The number of hydrogen-bond donors (Lipinski definition) is 12. The van der Waals surface area contributed by atoms with Crippen molar-refractivity contribution >= 4 is 5.91 Å². The fraction of sp³-hybridized carbons (Fsp3) is 0.968. The molecule has 3 fully saturated rings. The Kier molecular flexibility index (Phi) is 70.5. The lowest BCUT2D eigenvalue weighted by molar-refractivity contribution is -0.379. The summed E-state index contributed by atoms with van der Waals surface area (Å²) in [5.74, 6) is -0.263. The van der Waals surface area contributed by atoms with Gasteiger partial charge in [0.15, 0.2) is 18.9 Å². The molecular formula is C95H183NO18. The van der Waals surface area contributed by atoms with Gasteiger partial charge in [-0.1, -0.05) is 443 Å². The van der Waals surface area contributed by atoms with Crippen LogP contribution in [0.25, 0.3) is 0 Å². The molecule has 0 spiro atoms. The molecule has 19 nitrogen and oxygen atoms in total. The first kappa shape index (κ1) is 107. The monoisotopic (exact) mass is 1630 g/mol. The number of carbonyl (C=O) groups is 1. The quantitative estimate of drug-likeness (QED) is 0.0199. The fourth-order valence-electron chi connectivity index (χ4n) is 17.1. The van der Waals surface area contributed by atoms with Crippen molar-refractivity contribution in [1.29, 1.82) is 0 Å². The van der Waals surface area contributed by atoms with Crippen molar-refractivity contribution in [2.75, 3.05) is 26.4 Å². The Morgan fingerprint density at radius 1 is 0.307 bits per heavy atom. The second-order valence-electron chi connectivity index (χ2n) is 35.3. The zero-order valence-electron chi connectivity index (χ0n) is 73.4. The predicted octanol–water partition coefficient (Wildman–Crippen LogP) is 19.8. The highest BCUT2D eigenvalue weighted by Crippen LogP contribution is 2.34. The first-order chi connectivity index (χ1) is 55.8. The van der Waals surface area contributed by atoms with Crippen LogP contribution in [0, 0.1) is 0 Å². The summed E-state index contributed by atoms with van der Waals surface area (Å²) in [5, 5.41) is 121. The number of ether oxygens (including phenoxy) is 6. The van der Waals surface area contributed by atoms with Gasteiger partial charge in [-0.2, -0.15) is 0 Å². The molecule has 17 atom stereocenters. The number of hydrogen-bond acceptors (Lipinski definition) is 18. The lowest BCUT2D eigenvalue weighted by Crippen LogP contribution is -2.66. The second-order valence-corrected chi connectivity index (χ2v) is 35.3. The van der Waals surface area contributed by atoms with Crippen molar-refractivity contribution in [3.05, 3.63) is 12.2 Å². The molecule has 3 heterocycles. The third-order valence-electron chi connectivity index (χ3n) is 24.8. The van der Waals surface area contributed by atoms with Crippen LogP contribution in [0.1, 0.15) is 457 Å². The zero-order chi connectivity index (χ0) is 82.4. The van der Waals surface area contributed by atoms with E-state index in [9.17, 15) is 61.0 Å². The lowest BCUT2D eigenvalue weighted by Gasteiger charge is -2.48. The van der Waals surface area contributed by atoms with E-state index in [0.717, 1.165) is 44.9 Å². The maximum atomic E-state index is 13.5. The van der Waals surface area contributed by atoms with E-state index < -0.39 is 124 Å². The van der Waals surface area contributed by atoms with Crippen molar-refractivity contribution in [2.24, 2.45) is 0 Å². The molecule has 1 amide bonds. The number of unbranched alkanes of at least 4 members (excludes halogenated alkanes) is 66. The topological polar surface area (TPSA) is 307 Å². The largest absolute Gasteiger partial charge is 0.394 e. The molecule has 3 rings (SSSR count). The highest BCUT2D eigenvalue weighted by molar-refractivity contribution is 5.76. The molecule has 114 heavy (non-hydrogen) atoms. The number of rotatable bonds is 82. The van der Waals surface area contributed by atoms with Gasteiger partial charge in [0.1, 0.15) is 73.2 Å². The minimum Gasteiger partial charge on any atom is -0.394 e. The van der Waals surface area contributed by atoms with E-state index >= 15 is 0 Å². The highest BCUT2D eigenvalue weighted by atomic mass is 16.8. The molecule has 0 aromatic rings. The first-order valence-corrected chi connectivity index (χ1v) is 48.9. The number of carbonyl (C=O) groups excluding carboxylic acids is 1. The fourth-order valence-corrected chi connectivity index (χ4v) is 17.1. The minimum atomic E-state index is -1.98. The summed E-state index contributed by atoms with van der Waals surface area (Å²) in [6.07, 6.45) is 68.3. The predicted molar refractivity (Wildman–Crippen MR) is 462 cm³/mol. The van der Waals surface area contributed by atoms with Gasteiger partial charge in [-0.3, -0.25) is 4.79 Å². The smallest absolute Gasteiger partial charge is 0.220 e. The summed E-state index contributed by atoms with van der Waals surface area (Å²) < 4.78 is 34.6. The van der Waals surface area contributed by atoms with Crippen LogP contribution < -0.4 is 5.32 Å². The maximum absolute atomic E-state index is 13.5. The van der Waals surface area contributed by atoms with Gasteiger partial charge in [0.2, 0.25) is 5.91 Å². The molecule has 19 heteroatoms. The van der Waals surface area contributed by atoms with Gasteiger partial charge in [-0.15, -0.1) is 0 Å². The summed E-state index contributed by atoms with van der Waals surface area (Å²) in [4.78, 5) is 13.5. The van der Waals surface area contributed by atoms with Crippen LogP contribution in [0.3, 0.4) is 0 Å². The van der Waals surface area contributed by atoms with E-state index in [4.69, 9.17) is 28.4 Å². The molecule has 17 unspecified atom stereocenters. The second kappa shape index (κ2) is 75.3. The Morgan fingerprint density at radius 3 is 0.825 bits per heavy atom. The maximum Gasteiger partial charge on any atom is 0.220 e. The Morgan fingerprint density at radius 2 is 0.544 bits per heavy atom.